The number of rotatable bonds is 12. The highest BCUT2D eigenvalue weighted by Gasteiger charge is 2.44. The zero-order chi connectivity index (χ0) is 28.3. The van der Waals surface area contributed by atoms with Crippen LogP contribution in [0.15, 0.2) is 126 Å². The summed E-state index contributed by atoms with van der Waals surface area (Å²) in [6, 6.07) is 43.6. The fourth-order valence-electron chi connectivity index (χ4n) is 4.96. The third kappa shape index (κ3) is 8.35. The lowest BCUT2D eigenvalue weighted by molar-refractivity contribution is 0.181. The fraction of sp³-hybridized carbons (Fsp3) is 0.278. The predicted molar refractivity (Wildman–Crippen MR) is 180 cm³/mol. The van der Waals surface area contributed by atoms with Crippen molar-refractivity contribution in [3.8, 4) is 11.5 Å². The van der Waals surface area contributed by atoms with E-state index >= 15 is 0 Å². The molecule has 4 aromatic rings. The maximum Gasteiger partial charge on any atom is 0.288 e. The molecule has 0 aromatic heterocycles. The van der Waals surface area contributed by atoms with Crippen LogP contribution in [0.1, 0.15) is 32.6 Å². The van der Waals surface area contributed by atoms with Crippen molar-refractivity contribution in [1.29, 1.82) is 0 Å². The van der Waals surface area contributed by atoms with Crippen molar-refractivity contribution in [2.45, 2.75) is 68.5 Å². The second-order valence-electron chi connectivity index (χ2n) is 11.3. The molecule has 0 spiro atoms. The Morgan fingerprint density at radius 3 is 1.55 bits per heavy atom. The summed E-state index contributed by atoms with van der Waals surface area (Å²) in [5.41, 5.74) is 3.69. The molecule has 4 aromatic carbocycles. The Balaban J connectivity index is 1.81. The van der Waals surface area contributed by atoms with E-state index in [1.165, 1.54) is 20.5 Å². The summed E-state index contributed by atoms with van der Waals surface area (Å²) < 4.78 is 7.67. The van der Waals surface area contributed by atoms with E-state index in [2.05, 4.69) is 159 Å². The fourth-order valence-corrected chi connectivity index (χ4v) is 10.9. The average Bonchev–Trinajstić information content (AvgIpc) is 2.99. The average molecular weight is 579 g/mol. The van der Waals surface area contributed by atoms with Gasteiger partial charge in [0.1, 0.15) is 8.07 Å². The van der Waals surface area contributed by atoms with Gasteiger partial charge >= 0.3 is 0 Å². The maximum atomic E-state index is 7.67. The topological polar surface area (TPSA) is 9.23 Å². The highest BCUT2D eigenvalue weighted by molar-refractivity contribution is 8.00. The Morgan fingerprint density at radius 2 is 1.12 bits per heavy atom. The van der Waals surface area contributed by atoms with Gasteiger partial charge in [-0.15, -0.1) is 17.3 Å². The molecule has 40 heavy (non-hydrogen) atoms. The molecule has 2 atom stereocenters. The Bertz CT molecular complexity index is 1250. The molecule has 206 valence electrons. The number of hydrogen-bond acceptors (Lipinski definition) is 2. The molecule has 0 amide bonds. The summed E-state index contributed by atoms with van der Waals surface area (Å²) in [5, 5.41) is 4.03. The minimum absolute atomic E-state index is 0.0874. The van der Waals surface area contributed by atoms with E-state index in [4.69, 9.17) is 4.43 Å². The molecule has 0 saturated heterocycles. The molecule has 4 rings (SSSR count). The van der Waals surface area contributed by atoms with E-state index < -0.39 is 16.4 Å². The molecular weight excluding hydrogens is 537 g/mol. The third-order valence-electron chi connectivity index (χ3n) is 6.87. The van der Waals surface area contributed by atoms with E-state index in [1.807, 2.05) is 11.8 Å². The Kier molecular flexibility index (Phi) is 11.1. The first-order chi connectivity index (χ1) is 19.4. The van der Waals surface area contributed by atoms with Crippen LogP contribution >= 0.6 is 11.8 Å². The standard InChI is InChI=1S/C36H42OSSi2/c1-5-6-19-31(30-33(28-29-39(2,3)4)38-32-20-11-7-12-21-32)37-40(34-22-13-8-14-23-34,35-24-15-9-16-25-35)36-26-17-10-18-27-36/h7-18,20-27,31,33H,5-6,19,30H2,1-4H3/t31-,33-/m1/s1. The number of hydrogen-bond donors (Lipinski definition) is 0. The lowest BCUT2D eigenvalue weighted by Gasteiger charge is -2.37. The van der Waals surface area contributed by atoms with Crippen LogP contribution in [0.25, 0.3) is 0 Å². The van der Waals surface area contributed by atoms with Crippen molar-refractivity contribution in [2.75, 3.05) is 0 Å². The van der Waals surface area contributed by atoms with Gasteiger partial charge in [-0.25, -0.2) is 0 Å². The summed E-state index contributed by atoms with van der Waals surface area (Å²) in [4.78, 5) is 1.27. The SMILES string of the molecule is CCCC[C@H](C[C@@H](C#C[Si](C)(C)C)Sc1ccccc1)O[Si](c1ccccc1)(c1ccccc1)c1ccccc1. The number of thioether (sulfide) groups is 1. The third-order valence-corrected chi connectivity index (χ3v) is 13.0. The van der Waals surface area contributed by atoms with Gasteiger partial charge in [0.2, 0.25) is 0 Å². The predicted octanol–water partition coefficient (Wildman–Crippen LogP) is 7.66. The largest absolute Gasteiger partial charge is 0.401 e. The van der Waals surface area contributed by atoms with E-state index in [-0.39, 0.29) is 11.4 Å². The summed E-state index contributed by atoms with van der Waals surface area (Å²) in [6.07, 6.45) is 4.30. The second kappa shape index (κ2) is 14.7. The molecule has 0 fully saturated rings. The molecular formula is C36H42OSSi2. The van der Waals surface area contributed by atoms with Crippen molar-refractivity contribution in [2.24, 2.45) is 0 Å². The molecule has 0 radical (unpaired) electrons. The summed E-state index contributed by atoms with van der Waals surface area (Å²) in [6.45, 7) is 9.25. The van der Waals surface area contributed by atoms with Crippen LogP contribution in [0.3, 0.4) is 0 Å². The Labute approximate surface area is 248 Å². The molecule has 0 aliphatic heterocycles. The summed E-state index contributed by atoms with van der Waals surface area (Å²) >= 11 is 1.89. The van der Waals surface area contributed by atoms with E-state index in [0.29, 0.717) is 0 Å². The molecule has 4 heteroatoms. The molecule has 0 aliphatic rings. The van der Waals surface area contributed by atoms with Crippen LogP contribution in [0.2, 0.25) is 19.6 Å². The van der Waals surface area contributed by atoms with Gasteiger partial charge in [0.15, 0.2) is 0 Å². The molecule has 0 saturated carbocycles. The molecule has 0 bridgehead atoms. The Hall–Kier alpha value is -2.82. The van der Waals surface area contributed by atoms with Gasteiger partial charge < -0.3 is 4.43 Å². The molecule has 1 nitrogen and oxygen atoms in total. The van der Waals surface area contributed by atoms with Crippen LogP contribution < -0.4 is 15.6 Å². The van der Waals surface area contributed by atoms with Crippen molar-refractivity contribution in [3.05, 3.63) is 121 Å². The minimum atomic E-state index is -2.80. The molecule has 0 unspecified atom stereocenters. The van der Waals surface area contributed by atoms with Crippen LogP contribution in [-0.4, -0.2) is 27.7 Å². The second-order valence-corrected chi connectivity index (χ2v) is 20.7. The maximum absolute atomic E-state index is 7.67. The summed E-state index contributed by atoms with van der Waals surface area (Å²) in [7, 11) is -4.33. The van der Waals surface area contributed by atoms with Crippen molar-refractivity contribution < 1.29 is 4.43 Å². The van der Waals surface area contributed by atoms with Crippen molar-refractivity contribution >= 4 is 43.7 Å². The zero-order valence-electron chi connectivity index (χ0n) is 24.3. The highest BCUT2D eigenvalue weighted by atomic mass is 32.2. The lowest BCUT2D eigenvalue weighted by atomic mass is 10.1. The first kappa shape index (κ1) is 30.1. The normalized spacial score (nSPS) is 13.2. The van der Waals surface area contributed by atoms with E-state index in [9.17, 15) is 0 Å². The smallest absolute Gasteiger partial charge is 0.288 e. The van der Waals surface area contributed by atoms with Gasteiger partial charge in [-0.05, 0) is 40.5 Å². The van der Waals surface area contributed by atoms with E-state index in [0.717, 1.165) is 25.7 Å². The summed E-state index contributed by atoms with van der Waals surface area (Å²) in [5.74, 6) is 3.73. The van der Waals surface area contributed by atoms with Gasteiger partial charge in [0, 0.05) is 11.0 Å². The van der Waals surface area contributed by atoms with Gasteiger partial charge in [-0.3, -0.25) is 0 Å². The van der Waals surface area contributed by atoms with Crippen molar-refractivity contribution in [1.82, 2.24) is 0 Å². The van der Waals surface area contributed by atoms with Crippen LogP contribution in [0.4, 0.5) is 0 Å². The monoisotopic (exact) mass is 578 g/mol. The van der Waals surface area contributed by atoms with E-state index in [1.54, 1.807) is 0 Å². The highest BCUT2D eigenvalue weighted by Crippen LogP contribution is 2.29. The number of benzene rings is 4. The van der Waals surface area contributed by atoms with Crippen LogP contribution in [-0.2, 0) is 4.43 Å². The molecule has 0 aliphatic carbocycles. The molecule has 0 N–H and O–H groups in total. The first-order valence-electron chi connectivity index (χ1n) is 14.5. The van der Waals surface area contributed by atoms with Gasteiger partial charge in [0.25, 0.3) is 8.32 Å². The quantitative estimate of drug-likeness (QED) is 0.0739. The van der Waals surface area contributed by atoms with Gasteiger partial charge in [0.05, 0.1) is 5.25 Å². The van der Waals surface area contributed by atoms with Crippen molar-refractivity contribution in [3.63, 3.8) is 0 Å². The minimum Gasteiger partial charge on any atom is -0.401 e. The zero-order valence-corrected chi connectivity index (χ0v) is 27.2. The van der Waals surface area contributed by atoms with Gasteiger partial charge in [-0.2, -0.15) is 0 Å². The number of unbranched alkanes of at least 4 members (excludes halogenated alkanes) is 1. The molecule has 0 heterocycles. The van der Waals surface area contributed by atoms with Crippen LogP contribution in [0.5, 0.6) is 0 Å². The van der Waals surface area contributed by atoms with Crippen LogP contribution in [0, 0.1) is 11.5 Å². The first-order valence-corrected chi connectivity index (χ1v) is 20.8. The van der Waals surface area contributed by atoms with Gasteiger partial charge in [-0.1, -0.05) is 155 Å². The lowest BCUT2D eigenvalue weighted by Crippen LogP contribution is -2.70. The Morgan fingerprint density at radius 1 is 0.675 bits per heavy atom.